The van der Waals surface area contributed by atoms with Gasteiger partial charge < -0.3 is 15.2 Å². The van der Waals surface area contributed by atoms with E-state index in [0.717, 1.165) is 45.3 Å². The number of amides is 2. The molecule has 2 amide bonds. The number of rotatable bonds is 7. The highest BCUT2D eigenvalue weighted by molar-refractivity contribution is 6.04. The number of aromatic nitrogens is 1. The molecule has 7 nitrogen and oxygen atoms in total. The molecule has 1 aromatic heterocycles. The fraction of sp³-hybridized carbons (Fsp3) is 0.480. The van der Waals surface area contributed by atoms with Crippen LogP contribution in [-0.4, -0.2) is 40.4 Å². The normalized spacial score (nSPS) is 17.2. The Hall–Kier alpha value is -2.93. The molecule has 2 aliphatic rings. The summed E-state index contributed by atoms with van der Waals surface area (Å²) in [5.74, 6) is -0.496. The summed E-state index contributed by atoms with van der Waals surface area (Å²) in [4.78, 5) is 39.7. The smallest absolute Gasteiger partial charge is 0.257 e. The monoisotopic (exact) mass is 436 g/mol. The fourth-order valence-corrected chi connectivity index (χ4v) is 4.56. The van der Waals surface area contributed by atoms with Gasteiger partial charge in [0.05, 0.1) is 5.56 Å². The lowest BCUT2D eigenvalue weighted by atomic mass is 9.95. The van der Waals surface area contributed by atoms with Crippen molar-refractivity contribution in [2.45, 2.75) is 64.1 Å². The first-order valence-electron chi connectivity index (χ1n) is 11.7. The number of hydrogen-bond donors (Lipinski definition) is 2. The number of carbonyl (C=O) groups is 2. The molecule has 1 aliphatic heterocycles. The molecule has 1 saturated heterocycles. The summed E-state index contributed by atoms with van der Waals surface area (Å²) in [7, 11) is 0. The molecule has 1 saturated carbocycles. The van der Waals surface area contributed by atoms with Gasteiger partial charge in [-0.2, -0.15) is 0 Å². The number of likely N-dealkylation sites (tertiary alicyclic amines) is 1. The third-order valence-electron chi connectivity index (χ3n) is 6.35. The van der Waals surface area contributed by atoms with Crippen LogP contribution in [0.15, 0.2) is 47.4 Å². The molecule has 0 atom stereocenters. The van der Waals surface area contributed by atoms with E-state index in [4.69, 9.17) is 0 Å². The molecule has 0 spiro atoms. The van der Waals surface area contributed by atoms with Crippen molar-refractivity contribution in [3.05, 3.63) is 64.1 Å². The van der Waals surface area contributed by atoms with Crippen LogP contribution in [-0.2, 0) is 17.9 Å². The quantitative estimate of drug-likeness (QED) is 0.699. The van der Waals surface area contributed by atoms with Crippen molar-refractivity contribution in [3.63, 3.8) is 0 Å². The van der Waals surface area contributed by atoms with Gasteiger partial charge in [-0.15, -0.1) is 0 Å². The van der Waals surface area contributed by atoms with Gasteiger partial charge in [-0.05, 0) is 62.5 Å². The van der Waals surface area contributed by atoms with Gasteiger partial charge in [-0.3, -0.25) is 19.3 Å². The SMILES string of the molecule is O=C(Cn1cc(C(=O)Nc2ccc(CN3CCCC3)cc2)ccc1=O)NC1CCCCC1. The number of anilines is 1. The maximum atomic E-state index is 12.7. The molecule has 2 N–H and O–H groups in total. The summed E-state index contributed by atoms with van der Waals surface area (Å²) >= 11 is 0. The van der Waals surface area contributed by atoms with Crippen molar-refractivity contribution in [3.8, 4) is 0 Å². The second-order valence-corrected chi connectivity index (χ2v) is 8.92. The summed E-state index contributed by atoms with van der Waals surface area (Å²) < 4.78 is 1.30. The van der Waals surface area contributed by atoms with Crippen LogP contribution in [0.4, 0.5) is 5.69 Å². The topological polar surface area (TPSA) is 83.4 Å². The second kappa shape index (κ2) is 10.6. The van der Waals surface area contributed by atoms with E-state index < -0.39 is 0 Å². The minimum absolute atomic E-state index is 0.0817. The first-order valence-corrected chi connectivity index (χ1v) is 11.7. The highest BCUT2D eigenvalue weighted by atomic mass is 16.2. The lowest BCUT2D eigenvalue weighted by molar-refractivity contribution is -0.122. The second-order valence-electron chi connectivity index (χ2n) is 8.92. The minimum Gasteiger partial charge on any atom is -0.352 e. The Morgan fingerprint density at radius 1 is 0.906 bits per heavy atom. The number of carbonyl (C=O) groups excluding carboxylic acids is 2. The summed E-state index contributed by atoms with van der Waals surface area (Å²) in [5.41, 5.74) is 1.97. The standard InChI is InChI=1S/C25H32N4O3/c30-23(26-21-6-2-1-3-7-21)18-29-17-20(10-13-24(29)31)25(32)27-22-11-8-19(9-12-22)16-28-14-4-5-15-28/h8-13,17,21H,1-7,14-16,18H2,(H,26,30)(H,27,32). The average Bonchev–Trinajstić information content (AvgIpc) is 3.30. The molecular weight excluding hydrogens is 404 g/mol. The molecule has 7 heteroatoms. The number of hydrogen-bond acceptors (Lipinski definition) is 4. The highest BCUT2D eigenvalue weighted by Crippen LogP contribution is 2.18. The van der Waals surface area contributed by atoms with Crippen molar-refractivity contribution >= 4 is 17.5 Å². The van der Waals surface area contributed by atoms with Gasteiger partial charge in [0.25, 0.3) is 11.5 Å². The Bertz CT molecular complexity index is 987. The highest BCUT2D eigenvalue weighted by Gasteiger charge is 2.17. The van der Waals surface area contributed by atoms with Gasteiger partial charge in [0.2, 0.25) is 5.91 Å². The van der Waals surface area contributed by atoms with E-state index in [1.807, 2.05) is 24.3 Å². The Balaban J connectivity index is 1.35. The maximum absolute atomic E-state index is 12.7. The van der Waals surface area contributed by atoms with Crippen LogP contribution in [0.25, 0.3) is 0 Å². The van der Waals surface area contributed by atoms with Crippen molar-refractivity contribution in [1.82, 2.24) is 14.8 Å². The van der Waals surface area contributed by atoms with E-state index in [1.54, 1.807) is 0 Å². The van der Waals surface area contributed by atoms with Crippen molar-refractivity contribution in [2.24, 2.45) is 0 Å². The van der Waals surface area contributed by atoms with Crippen LogP contribution in [0.2, 0.25) is 0 Å². The van der Waals surface area contributed by atoms with Gasteiger partial charge in [0.15, 0.2) is 0 Å². The molecule has 1 aromatic carbocycles. The van der Waals surface area contributed by atoms with E-state index >= 15 is 0 Å². The van der Waals surface area contributed by atoms with Gasteiger partial charge in [0, 0.05) is 30.5 Å². The van der Waals surface area contributed by atoms with Crippen molar-refractivity contribution in [2.75, 3.05) is 18.4 Å². The molecule has 0 radical (unpaired) electrons. The molecule has 0 unspecified atom stereocenters. The van der Waals surface area contributed by atoms with E-state index in [-0.39, 0.29) is 30.0 Å². The first kappa shape index (κ1) is 22.3. The van der Waals surface area contributed by atoms with Crippen LogP contribution in [0.1, 0.15) is 60.9 Å². The largest absolute Gasteiger partial charge is 0.352 e. The Morgan fingerprint density at radius 3 is 2.34 bits per heavy atom. The zero-order valence-corrected chi connectivity index (χ0v) is 18.5. The van der Waals surface area contributed by atoms with E-state index in [0.29, 0.717) is 11.3 Å². The minimum atomic E-state index is -0.307. The molecular formula is C25H32N4O3. The summed E-state index contributed by atoms with van der Waals surface area (Å²) in [5, 5.41) is 5.89. The molecule has 1 aliphatic carbocycles. The molecule has 4 rings (SSSR count). The van der Waals surface area contributed by atoms with Gasteiger partial charge in [-0.25, -0.2) is 0 Å². The van der Waals surface area contributed by atoms with Crippen molar-refractivity contribution in [1.29, 1.82) is 0 Å². The lowest BCUT2D eigenvalue weighted by Gasteiger charge is -2.22. The van der Waals surface area contributed by atoms with E-state index in [2.05, 4.69) is 15.5 Å². The molecule has 2 fully saturated rings. The predicted octanol–water partition coefficient (Wildman–Crippen LogP) is 3.15. The molecule has 2 aromatic rings. The summed E-state index contributed by atoms with van der Waals surface area (Å²) in [6.45, 7) is 3.14. The first-order chi connectivity index (χ1) is 15.6. The van der Waals surface area contributed by atoms with Crippen LogP contribution in [0.5, 0.6) is 0 Å². The molecule has 170 valence electrons. The molecule has 32 heavy (non-hydrogen) atoms. The summed E-state index contributed by atoms with van der Waals surface area (Å²) in [6, 6.07) is 10.9. The predicted molar refractivity (Wildman–Crippen MR) is 125 cm³/mol. The van der Waals surface area contributed by atoms with Gasteiger partial charge in [-0.1, -0.05) is 31.4 Å². The zero-order chi connectivity index (χ0) is 22.3. The van der Waals surface area contributed by atoms with Gasteiger partial charge >= 0.3 is 0 Å². The van der Waals surface area contributed by atoms with Crippen LogP contribution in [0.3, 0.4) is 0 Å². The maximum Gasteiger partial charge on any atom is 0.257 e. The number of pyridine rings is 1. The summed E-state index contributed by atoms with van der Waals surface area (Å²) in [6.07, 6.45) is 9.42. The average molecular weight is 437 g/mol. The van der Waals surface area contributed by atoms with Crippen LogP contribution in [0, 0.1) is 0 Å². The zero-order valence-electron chi connectivity index (χ0n) is 18.5. The van der Waals surface area contributed by atoms with E-state index in [1.165, 1.54) is 47.7 Å². The number of benzene rings is 1. The van der Waals surface area contributed by atoms with Crippen LogP contribution >= 0.6 is 0 Å². The molecule has 2 heterocycles. The third kappa shape index (κ3) is 6.07. The number of nitrogens with zero attached hydrogens (tertiary/aromatic N) is 2. The number of nitrogens with one attached hydrogen (secondary N) is 2. The van der Waals surface area contributed by atoms with Crippen molar-refractivity contribution < 1.29 is 9.59 Å². The Kier molecular flexibility index (Phi) is 7.37. The lowest BCUT2D eigenvalue weighted by Crippen LogP contribution is -2.39. The Labute approximate surface area is 188 Å². The Morgan fingerprint density at radius 2 is 1.62 bits per heavy atom. The third-order valence-corrected chi connectivity index (χ3v) is 6.35. The van der Waals surface area contributed by atoms with E-state index in [9.17, 15) is 14.4 Å². The fourth-order valence-electron chi connectivity index (χ4n) is 4.56. The van der Waals surface area contributed by atoms with Crippen LogP contribution < -0.4 is 16.2 Å². The van der Waals surface area contributed by atoms with Gasteiger partial charge in [0.1, 0.15) is 6.54 Å². The molecule has 0 bridgehead atoms.